The number of nitrogens with one attached hydrogen (secondary N) is 3. The van der Waals surface area contributed by atoms with Crippen molar-refractivity contribution in [2.24, 2.45) is 4.99 Å². The fraction of sp³-hybridized carbons (Fsp3) is 0.280. The summed E-state index contributed by atoms with van der Waals surface area (Å²) in [4.78, 5) is 16.7. The molecule has 1 aromatic heterocycles. The van der Waals surface area contributed by atoms with Gasteiger partial charge in [0.2, 0.25) is 0 Å². The van der Waals surface area contributed by atoms with Gasteiger partial charge in [-0.3, -0.25) is 9.79 Å². The van der Waals surface area contributed by atoms with Crippen LogP contribution in [-0.4, -0.2) is 25.5 Å². The van der Waals surface area contributed by atoms with Crippen LogP contribution in [0.5, 0.6) is 0 Å². The van der Waals surface area contributed by atoms with Crippen molar-refractivity contribution in [2.45, 2.75) is 32.9 Å². The highest BCUT2D eigenvalue weighted by Crippen LogP contribution is 2.15. The van der Waals surface area contributed by atoms with E-state index in [9.17, 15) is 4.79 Å². The van der Waals surface area contributed by atoms with Crippen LogP contribution in [0.25, 0.3) is 0 Å². The fourth-order valence-corrected chi connectivity index (χ4v) is 3.26. The fourth-order valence-electron chi connectivity index (χ4n) is 3.26. The first-order valence-corrected chi connectivity index (χ1v) is 10.5. The molecule has 0 aliphatic rings. The highest BCUT2D eigenvalue weighted by molar-refractivity contribution is 14.0. The van der Waals surface area contributed by atoms with Crippen molar-refractivity contribution in [1.29, 1.82) is 0 Å². The van der Waals surface area contributed by atoms with Crippen LogP contribution in [0.2, 0.25) is 0 Å². The molecule has 1 atom stereocenters. The molecule has 0 saturated heterocycles. The van der Waals surface area contributed by atoms with Gasteiger partial charge in [-0.1, -0.05) is 48.9 Å². The Labute approximate surface area is 206 Å². The molecular weight excluding hydrogens is 515 g/mol. The number of rotatable bonds is 8. The van der Waals surface area contributed by atoms with Gasteiger partial charge >= 0.3 is 0 Å². The molecule has 0 aliphatic heterocycles. The van der Waals surface area contributed by atoms with Gasteiger partial charge in [0.25, 0.3) is 5.91 Å². The monoisotopic (exact) mass is 546 g/mol. The van der Waals surface area contributed by atoms with Crippen LogP contribution in [-0.2, 0) is 13.1 Å². The molecule has 0 aliphatic carbocycles. The van der Waals surface area contributed by atoms with Crippen molar-refractivity contribution in [2.75, 3.05) is 13.6 Å². The van der Waals surface area contributed by atoms with Crippen LogP contribution in [0.3, 0.4) is 0 Å². The van der Waals surface area contributed by atoms with Crippen LogP contribution >= 0.6 is 24.0 Å². The first kappa shape index (κ1) is 25.5. The zero-order valence-corrected chi connectivity index (χ0v) is 21.1. The first-order chi connectivity index (χ1) is 15.0. The van der Waals surface area contributed by atoms with Crippen molar-refractivity contribution < 1.29 is 9.21 Å². The summed E-state index contributed by atoms with van der Waals surface area (Å²) >= 11 is 0. The van der Waals surface area contributed by atoms with Gasteiger partial charge in [-0.15, -0.1) is 24.0 Å². The van der Waals surface area contributed by atoms with E-state index < -0.39 is 0 Å². The van der Waals surface area contributed by atoms with Crippen molar-refractivity contribution in [3.63, 3.8) is 0 Å². The maximum absolute atomic E-state index is 12.4. The number of aryl methyl sites for hydroxylation is 1. The molecule has 3 aromatic rings. The molecule has 1 unspecified atom stereocenters. The summed E-state index contributed by atoms with van der Waals surface area (Å²) in [6.45, 7) is 6.01. The lowest BCUT2D eigenvalue weighted by molar-refractivity contribution is 0.0948. The summed E-state index contributed by atoms with van der Waals surface area (Å²) < 4.78 is 5.25. The molecule has 32 heavy (non-hydrogen) atoms. The molecule has 7 heteroatoms. The molecular formula is C25H31IN4O2. The summed E-state index contributed by atoms with van der Waals surface area (Å²) in [5.74, 6) is 1.68. The number of amides is 1. The molecule has 170 valence electrons. The minimum absolute atomic E-state index is 0. The van der Waals surface area contributed by atoms with E-state index in [0.29, 0.717) is 24.6 Å². The Hall–Kier alpha value is -2.81. The topological polar surface area (TPSA) is 78.7 Å². The third-order valence-electron chi connectivity index (χ3n) is 5.06. The summed E-state index contributed by atoms with van der Waals surface area (Å²) in [5, 5.41) is 9.56. The minimum atomic E-state index is -0.132. The van der Waals surface area contributed by atoms with Gasteiger partial charge in [0.1, 0.15) is 5.76 Å². The SMILES string of the molecule is CN=C(NCc1cccc(C(=O)NCc2ccco2)c1)NCC(C)c1cccc(C)c1.I. The van der Waals surface area contributed by atoms with Crippen LogP contribution < -0.4 is 16.0 Å². The highest BCUT2D eigenvalue weighted by atomic mass is 127. The zero-order valence-electron chi connectivity index (χ0n) is 18.7. The number of aliphatic imine (C=N–C) groups is 1. The molecule has 0 fully saturated rings. The number of benzene rings is 2. The number of carbonyl (C=O) groups is 1. The molecule has 3 N–H and O–H groups in total. The first-order valence-electron chi connectivity index (χ1n) is 10.5. The van der Waals surface area contributed by atoms with E-state index in [-0.39, 0.29) is 29.9 Å². The largest absolute Gasteiger partial charge is 0.467 e. The normalized spacial score (nSPS) is 11.9. The smallest absolute Gasteiger partial charge is 0.251 e. The van der Waals surface area contributed by atoms with Crippen molar-refractivity contribution in [3.05, 3.63) is 94.9 Å². The second-order valence-electron chi connectivity index (χ2n) is 7.58. The van der Waals surface area contributed by atoms with Crippen LogP contribution in [0.4, 0.5) is 0 Å². The molecule has 3 rings (SSSR count). The van der Waals surface area contributed by atoms with E-state index in [1.165, 1.54) is 11.1 Å². The Bertz CT molecular complexity index is 1020. The molecule has 0 bridgehead atoms. The van der Waals surface area contributed by atoms with E-state index in [0.717, 1.165) is 23.8 Å². The predicted octanol–water partition coefficient (Wildman–Crippen LogP) is 4.60. The van der Waals surface area contributed by atoms with E-state index in [1.807, 2.05) is 24.3 Å². The average molecular weight is 546 g/mol. The molecule has 1 heterocycles. The number of hydrogen-bond acceptors (Lipinski definition) is 3. The van der Waals surface area contributed by atoms with Gasteiger partial charge in [0.05, 0.1) is 12.8 Å². The number of carbonyl (C=O) groups excluding carboxylic acids is 1. The van der Waals surface area contributed by atoms with E-state index in [2.05, 4.69) is 59.1 Å². The lowest BCUT2D eigenvalue weighted by atomic mass is 9.99. The summed E-state index contributed by atoms with van der Waals surface area (Å²) in [7, 11) is 1.76. The molecule has 0 spiro atoms. The van der Waals surface area contributed by atoms with Crippen molar-refractivity contribution in [1.82, 2.24) is 16.0 Å². The molecule has 1 amide bonds. The highest BCUT2D eigenvalue weighted by Gasteiger charge is 2.09. The number of hydrogen-bond donors (Lipinski definition) is 3. The molecule has 0 saturated carbocycles. The van der Waals surface area contributed by atoms with Crippen LogP contribution in [0.1, 0.15) is 45.7 Å². The lowest BCUT2D eigenvalue weighted by Gasteiger charge is -2.17. The third-order valence-corrected chi connectivity index (χ3v) is 5.06. The van der Waals surface area contributed by atoms with Gasteiger partial charge in [0, 0.05) is 25.7 Å². The van der Waals surface area contributed by atoms with Gasteiger partial charge in [-0.25, -0.2) is 0 Å². The average Bonchev–Trinajstić information content (AvgIpc) is 3.31. The van der Waals surface area contributed by atoms with E-state index in [1.54, 1.807) is 25.4 Å². The number of nitrogens with zero attached hydrogens (tertiary/aromatic N) is 1. The number of halogens is 1. The standard InChI is InChI=1S/C25H30N4O2.HI/c1-18-7-4-9-21(13-18)19(2)15-28-25(26-3)29-16-20-8-5-10-22(14-20)24(30)27-17-23-11-6-12-31-23;/h4-14,19H,15-17H2,1-3H3,(H,27,30)(H2,26,28,29);1H. The number of furan rings is 1. The maximum Gasteiger partial charge on any atom is 0.251 e. The van der Waals surface area contributed by atoms with Gasteiger partial charge in [0.15, 0.2) is 5.96 Å². The zero-order chi connectivity index (χ0) is 22.1. The molecule has 2 aromatic carbocycles. The molecule has 6 nitrogen and oxygen atoms in total. The lowest BCUT2D eigenvalue weighted by Crippen LogP contribution is -2.38. The third kappa shape index (κ3) is 7.71. The quantitative estimate of drug-likeness (QED) is 0.219. The van der Waals surface area contributed by atoms with Crippen LogP contribution in [0.15, 0.2) is 76.3 Å². The predicted molar refractivity (Wildman–Crippen MR) is 140 cm³/mol. The van der Waals surface area contributed by atoms with E-state index >= 15 is 0 Å². The minimum Gasteiger partial charge on any atom is -0.467 e. The second kappa shape index (κ2) is 12.9. The van der Waals surface area contributed by atoms with Gasteiger partial charge in [-0.05, 0) is 48.2 Å². The Morgan fingerprint density at radius 1 is 1.00 bits per heavy atom. The summed E-state index contributed by atoms with van der Waals surface area (Å²) in [6.07, 6.45) is 1.59. The Balaban J connectivity index is 0.00000363. The van der Waals surface area contributed by atoms with Crippen molar-refractivity contribution >= 4 is 35.8 Å². The Morgan fingerprint density at radius 2 is 1.81 bits per heavy atom. The van der Waals surface area contributed by atoms with Crippen LogP contribution in [0, 0.1) is 6.92 Å². The van der Waals surface area contributed by atoms with Crippen molar-refractivity contribution in [3.8, 4) is 0 Å². The molecule has 0 radical (unpaired) electrons. The Kier molecular flexibility index (Phi) is 10.3. The maximum atomic E-state index is 12.4. The van der Waals surface area contributed by atoms with Gasteiger partial charge < -0.3 is 20.4 Å². The second-order valence-corrected chi connectivity index (χ2v) is 7.58. The summed E-state index contributed by atoms with van der Waals surface area (Å²) in [6, 6.07) is 19.7. The van der Waals surface area contributed by atoms with E-state index in [4.69, 9.17) is 4.42 Å². The Morgan fingerprint density at radius 3 is 2.53 bits per heavy atom. The van der Waals surface area contributed by atoms with Gasteiger partial charge in [-0.2, -0.15) is 0 Å². The number of guanidine groups is 1. The summed E-state index contributed by atoms with van der Waals surface area (Å²) in [5.41, 5.74) is 4.18.